The van der Waals surface area contributed by atoms with Crippen molar-refractivity contribution in [2.45, 2.75) is 40.3 Å². The highest BCUT2D eigenvalue weighted by molar-refractivity contribution is 4.52. The monoisotopic (exact) mass is 200 g/mol. The third-order valence-electron chi connectivity index (χ3n) is 1.36. The molecule has 0 spiro atoms. The number of halogens is 3. The molecule has 0 heterocycles. The summed E-state index contributed by atoms with van der Waals surface area (Å²) in [4.78, 5) is 0. The van der Waals surface area contributed by atoms with Crippen LogP contribution in [0.2, 0.25) is 0 Å². The first-order chi connectivity index (χ1) is 5.71. The molecule has 0 saturated heterocycles. The zero-order valence-corrected chi connectivity index (χ0v) is 8.65. The Kier molecular flexibility index (Phi) is 8.42. The number of aliphatic hydroxyl groups excluding tert-OH is 1. The minimum absolute atomic E-state index is 0.331. The topological polar surface area (TPSA) is 20.2 Å². The van der Waals surface area contributed by atoms with Gasteiger partial charge in [0.25, 0.3) is 0 Å². The van der Waals surface area contributed by atoms with Gasteiger partial charge in [-0.1, -0.05) is 27.7 Å². The van der Waals surface area contributed by atoms with Gasteiger partial charge < -0.3 is 5.11 Å². The second kappa shape index (κ2) is 7.18. The Labute approximate surface area is 78.0 Å². The molecule has 13 heavy (non-hydrogen) atoms. The van der Waals surface area contributed by atoms with Crippen LogP contribution in [0.1, 0.15) is 34.1 Å². The van der Waals surface area contributed by atoms with Crippen LogP contribution >= 0.6 is 0 Å². The van der Waals surface area contributed by atoms with Crippen molar-refractivity contribution in [2.24, 2.45) is 11.8 Å². The van der Waals surface area contributed by atoms with E-state index in [4.69, 9.17) is 5.11 Å². The number of aliphatic hydroxyl groups is 1. The fraction of sp³-hybridized carbons (Fsp3) is 1.00. The van der Waals surface area contributed by atoms with Crippen molar-refractivity contribution < 1.29 is 18.3 Å². The van der Waals surface area contributed by atoms with E-state index in [2.05, 4.69) is 13.8 Å². The van der Waals surface area contributed by atoms with Gasteiger partial charge in [-0.05, 0) is 12.3 Å². The lowest BCUT2D eigenvalue weighted by atomic mass is 10.2. The van der Waals surface area contributed by atoms with E-state index in [-0.39, 0.29) is 0 Å². The molecule has 0 amide bonds. The lowest BCUT2D eigenvalue weighted by Crippen LogP contribution is -2.15. The summed E-state index contributed by atoms with van der Waals surface area (Å²) in [6.45, 7) is 6.77. The van der Waals surface area contributed by atoms with Crippen molar-refractivity contribution in [1.29, 1.82) is 0 Å². The quantitative estimate of drug-likeness (QED) is 0.725. The van der Waals surface area contributed by atoms with Crippen molar-refractivity contribution in [3.05, 3.63) is 0 Å². The molecule has 0 aromatic carbocycles. The van der Waals surface area contributed by atoms with E-state index in [9.17, 15) is 13.2 Å². The fourth-order valence-electron chi connectivity index (χ4n) is 0.258. The van der Waals surface area contributed by atoms with Crippen molar-refractivity contribution in [3.63, 3.8) is 0 Å². The second-order valence-corrected chi connectivity index (χ2v) is 3.60. The largest absolute Gasteiger partial charge is 0.396 e. The molecule has 1 N–H and O–H groups in total. The third kappa shape index (κ3) is 14.6. The second-order valence-electron chi connectivity index (χ2n) is 3.60. The van der Waals surface area contributed by atoms with E-state index in [0.29, 0.717) is 12.5 Å². The SMILES string of the molecule is CC(C)C(F)(F)F.CC(C)CCO. The molecule has 0 bridgehead atoms. The van der Waals surface area contributed by atoms with E-state index < -0.39 is 12.1 Å². The Morgan fingerprint density at radius 3 is 1.38 bits per heavy atom. The average molecular weight is 200 g/mol. The summed E-state index contributed by atoms with van der Waals surface area (Å²) in [5.41, 5.74) is 0. The molecule has 0 aromatic rings. The van der Waals surface area contributed by atoms with Crippen LogP contribution in [0.4, 0.5) is 13.2 Å². The van der Waals surface area contributed by atoms with Gasteiger partial charge in [-0.15, -0.1) is 0 Å². The molecule has 82 valence electrons. The lowest BCUT2D eigenvalue weighted by molar-refractivity contribution is -0.164. The van der Waals surface area contributed by atoms with Gasteiger partial charge in [0.05, 0.1) is 0 Å². The first-order valence-corrected chi connectivity index (χ1v) is 4.39. The number of rotatable bonds is 2. The van der Waals surface area contributed by atoms with E-state index in [0.717, 1.165) is 20.3 Å². The smallest absolute Gasteiger partial charge is 0.391 e. The molecule has 4 heteroatoms. The molecule has 0 fully saturated rings. The Bertz CT molecular complexity index is 108. The van der Waals surface area contributed by atoms with Gasteiger partial charge in [-0.2, -0.15) is 13.2 Å². The summed E-state index contributed by atoms with van der Waals surface area (Å²) in [5.74, 6) is -0.553. The first-order valence-electron chi connectivity index (χ1n) is 4.39. The van der Waals surface area contributed by atoms with Gasteiger partial charge in [0.15, 0.2) is 0 Å². The third-order valence-corrected chi connectivity index (χ3v) is 1.36. The van der Waals surface area contributed by atoms with Crippen molar-refractivity contribution in [3.8, 4) is 0 Å². The van der Waals surface area contributed by atoms with Crippen LogP contribution in [0.5, 0.6) is 0 Å². The molecule has 0 unspecified atom stereocenters. The Balaban J connectivity index is 0. The van der Waals surface area contributed by atoms with E-state index >= 15 is 0 Å². The Hall–Kier alpha value is -0.250. The maximum atomic E-state index is 11.2. The van der Waals surface area contributed by atoms with Crippen LogP contribution in [-0.4, -0.2) is 17.9 Å². The van der Waals surface area contributed by atoms with Crippen LogP contribution in [0, 0.1) is 11.8 Å². The Morgan fingerprint density at radius 2 is 1.38 bits per heavy atom. The molecular formula is C9H19F3O. The number of alkyl halides is 3. The lowest BCUT2D eigenvalue weighted by Gasteiger charge is -2.07. The van der Waals surface area contributed by atoms with Crippen LogP contribution in [-0.2, 0) is 0 Å². The molecule has 1 nitrogen and oxygen atoms in total. The predicted octanol–water partition coefficient (Wildman–Crippen LogP) is 3.23. The summed E-state index contributed by atoms with van der Waals surface area (Å²) in [5, 5.41) is 8.24. The summed E-state index contributed by atoms with van der Waals surface area (Å²) >= 11 is 0. The average Bonchev–Trinajstić information content (AvgIpc) is 1.85. The van der Waals surface area contributed by atoms with Gasteiger partial charge in [0, 0.05) is 12.5 Å². The first kappa shape index (κ1) is 15.2. The minimum Gasteiger partial charge on any atom is -0.396 e. The normalized spacial score (nSPS) is 11.5. The van der Waals surface area contributed by atoms with Crippen molar-refractivity contribution in [1.82, 2.24) is 0 Å². The minimum atomic E-state index is -4.00. The maximum absolute atomic E-state index is 11.2. The maximum Gasteiger partial charge on any atom is 0.391 e. The molecule has 0 aromatic heterocycles. The standard InChI is InChI=1S/C5H12O.C4H7F3/c1-5(2)3-4-6;1-3(2)4(5,6)7/h5-6H,3-4H2,1-2H3;3H,1-2H3. The van der Waals surface area contributed by atoms with E-state index in [1.165, 1.54) is 0 Å². The summed E-state index contributed by atoms with van der Waals surface area (Å²) in [6.07, 6.45) is -3.07. The molecule has 0 saturated carbocycles. The van der Waals surface area contributed by atoms with Crippen molar-refractivity contribution in [2.75, 3.05) is 6.61 Å². The molecular weight excluding hydrogens is 181 g/mol. The zero-order chi connectivity index (χ0) is 11.1. The number of hydrogen-bond acceptors (Lipinski definition) is 1. The molecule has 0 rings (SSSR count). The van der Waals surface area contributed by atoms with Gasteiger partial charge in [-0.3, -0.25) is 0 Å². The van der Waals surface area contributed by atoms with Gasteiger partial charge in [-0.25, -0.2) is 0 Å². The molecule has 0 aliphatic rings. The summed E-state index contributed by atoms with van der Waals surface area (Å²) in [6, 6.07) is 0. The highest BCUT2D eigenvalue weighted by atomic mass is 19.4. The van der Waals surface area contributed by atoms with E-state index in [1.807, 2.05) is 0 Å². The van der Waals surface area contributed by atoms with Crippen molar-refractivity contribution >= 4 is 0 Å². The molecule has 0 atom stereocenters. The highest BCUT2D eigenvalue weighted by Gasteiger charge is 2.31. The zero-order valence-electron chi connectivity index (χ0n) is 8.65. The highest BCUT2D eigenvalue weighted by Crippen LogP contribution is 2.24. The van der Waals surface area contributed by atoms with E-state index in [1.54, 1.807) is 0 Å². The van der Waals surface area contributed by atoms with Crippen LogP contribution in [0.25, 0.3) is 0 Å². The fourth-order valence-corrected chi connectivity index (χ4v) is 0.258. The summed E-state index contributed by atoms with van der Waals surface area (Å²) in [7, 11) is 0. The molecule has 0 aliphatic carbocycles. The molecule has 0 aliphatic heterocycles. The van der Waals surface area contributed by atoms with Crippen LogP contribution < -0.4 is 0 Å². The Morgan fingerprint density at radius 1 is 1.08 bits per heavy atom. The van der Waals surface area contributed by atoms with Gasteiger partial charge in [0.2, 0.25) is 0 Å². The summed E-state index contributed by atoms with van der Waals surface area (Å²) < 4.78 is 33.5. The van der Waals surface area contributed by atoms with Crippen LogP contribution in [0.15, 0.2) is 0 Å². The van der Waals surface area contributed by atoms with Gasteiger partial charge in [0.1, 0.15) is 0 Å². The van der Waals surface area contributed by atoms with Gasteiger partial charge >= 0.3 is 6.18 Å². The number of hydrogen-bond donors (Lipinski definition) is 1. The molecule has 0 radical (unpaired) electrons. The van der Waals surface area contributed by atoms with Crippen LogP contribution in [0.3, 0.4) is 0 Å². The predicted molar refractivity (Wildman–Crippen MR) is 47.4 cm³/mol.